The van der Waals surface area contributed by atoms with E-state index in [9.17, 15) is 0 Å². The van der Waals surface area contributed by atoms with Crippen LogP contribution in [0.1, 0.15) is 63.8 Å². The number of para-hydroxylation sites is 1. The van der Waals surface area contributed by atoms with Crippen LogP contribution in [0.25, 0.3) is 33.4 Å². The molecule has 0 radical (unpaired) electrons. The molecule has 0 bridgehead atoms. The van der Waals surface area contributed by atoms with Gasteiger partial charge in [-0.05, 0) is 122 Å². The van der Waals surface area contributed by atoms with Gasteiger partial charge in [-0.1, -0.05) is 120 Å². The lowest BCUT2D eigenvalue weighted by atomic mass is 9.44. The van der Waals surface area contributed by atoms with E-state index in [1.165, 1.54) is 89.3 Å². The number of hydrogen-bond donors (Lipinski definition) is 2. The van der Waals surface area contributed by atoms with Crippen LogP contribution >= 0.6 is 0 Å². The lowest BCUT2D eigenvalue weighted by Crippen LogP contribution is -2.66. The molecule has 5 heteroatoms. The summed E-state index contributed by atoms with van der Waals surface area (Å²) in [6.07, 6.45) is 0. The highest BCUT2D eigenvalue weighted by Gasteiger charge is 2.47. The molecule has 0 atom stereocenters. The third-order valence-electron chi connectivity index (χ3n) is 11.2. The fraction of sp³-hybridized carbons (Fsp3) is 0.217. The number of anilines is 5. The van der Waals surface area contributed by atoms with E-state index in [0.29, 0.717) is 0 Å². The zero-order valence-electron chi connectivity index (χ0n) is 30.9. The van der Waals surface area contributed by atoms with Gasteiger partial charge in [-0.15, -0.1) is 0 Å². The fourth-order valence-corrected chi connectivity index (χ4v) is 8.42. The molecule has 0 unspecified atom stereocenters. The summed E-state index contributed by atoms with van der Waals surface area (Å²) in [5.74, 6) is 0. The SMILES string of the molecule is Cc1ccccc1-c1ccc(-c2cc3c4c(c2)N(c2ccc(C(C)(C)C)cc2)c2ccc(C(C)(C)C)cc2B4N2NNc4cccc-3c42)c(C)c1. The maximum absolute atomic E-state index is 3.59. The smallest absolute Gasteiger partial charge is 0.322 e. The molecule has 51 heavy (non-hydrogen) atoms. The lowest BCUT2D eigenvalue weighted by Gasteiger charge is -2.44. The molecule has 3 aliphatic heterocycles. The Balaban J connectivity index is 1.32. The monoisotopic (exact) mass is 664 g/mol. The van der Waals surface area contributed by atoms with E-state index >= 15 is 0 Å². The molecule has 6 aromatic rings. The molecule has 0 saturated heterocycles. The predicted molar refractivity (Wildman–Crippen MR) is 219 cm³/mol. The Morgan fingerprint density at radius 3 is 1.98 bits per heavy atom. The van der Waals surface area contributed by atoms with Crippen molar-refractivity contribution in [2.45, 2.75) is 66.2 Å². The van der Waals surface area contributed by atoms with Crippen molar-refractivity contribution in [3.63, 3.8) is 0 Å². The van der Waals surface area contributed by atoms with Gasteiger partial charge in [0, 0.05) is 22.6 Å². The molecular formula is C46H45BN4. The van der Waals surface area contributed by atoms with Gasteiger partial charge < -0.3 is 15.2 Å². The first kappa shape index (κ1) is 31.7. The molecule has 2 N–H and O–H groups in total. The first-order chi connectivity index (χ1) is 24.4. The summed E-state index contributed by atoms with van der Waals surface area (Å²) in [6, 6.07) is 43.6. The highest BCUT2D eigenvalue weighted by Crippen LogP contribution is 2.49. The van der Waals surface area contributed by atoms with Crippen molar-refractivity contribution in [2.75, 3.05) is 15.2 Å². The van der Waals surface area contributed by atoms with Gasteiger partial charge in [0.15, 0.2) is 0 Å². The molecule has 9 rings (SSSR count). The fourth-order valence-electron chi connectivity index (χ4n) is 8.42. The summed E-state index contributed by atoms with van der Waals surface area (Å²) in [5.41, 5.74) is 28.5. The second kappa shape index (κ2) is 11.1. The van der Waals surface area contributed by atoms with Crippen molar-refractivity contribution in [3.05, 3.63) is 138 Å². The van der Waals surface area contributed by atoms with Crippen LogP contribution in [-0.4, -0.2) is 6.85 Å². The number of benzene rings is 6. The second-order valence-corrected chi connectivity index (χ2v) is 16.7. The first-order valence-corrected chi connectivity index (χ1v) is 18.2. The number of hydrogen-bond acceptors (Lipinski definition) is 4. The summed E-state index contributed by atoms with van der Waals surface area (Å²) in [7, 11) is 0. The van der Waals surface area contributed by atoms with Crippen LogP contribution in [-0.2, 0) is 10.8 Å². The van der Waals surface area contributed by atoms with Crippen LogP contribution in [0, 0.1) is 13.8 Å². The standard InChI is InChI=1S/C46H45BN4/c1-28-12-9-10-13-35(28)30-16-22-36(29(2)24-30)31-25-38-37-14-11-15-40-44(37)51(49-48-40)47-39-27-33(46(6,7)8)19-23-41(39)50(42(26-31)43(38)47)34-20-17-32(18-21-34)45(3,4)5/h9-27,48-49H,1-8H3. The Morgan fingerprint density at radius 1 is 0.549 bits per heavy atom. The Kier molecular flexibility index (Phi) is 6.91. The molecular weight excluding hydrogens is 619 g/mol. The number of fused-ring (bicyclic) bond motifs is 4. The number of hydrazine groups is 2. The zero-order chi connectivity index (χ0) is 35.4. The lowest BCUT2D eigenvalue weighted by molar-refractivity contribution is 0.590. The Labute approximate surface area is 303 Å². The topological polar surface area (TPSA) is 30.5 Å². The van der Waals surface area contributed by atoms with E-state index in [2.05, 4.69) is 191 Å². The normalized spacial score (nSPS) is 14.2. The summed E-state index contributed by atoms with van der Waals surface area (Å²) < 4.78 is 0. The average Bonchev–Trinajstić information content (AvgIpc) is 3.54. The largest absolute Gasteiger partial charge is 0.347 e. The molecule has 4 nitrogen and oxygen atoms in total. The molecule has 0 spiro atoms. The third-order valence-corrected chi connectivity index (χ3v) is 11.2. The Hall–Kier alpha value is -5.26. The summed E-state index contributed by atoms with van der Waals surface area (Å²) >= 11 is 0. The van der Waals surface area contributed by atoms with E-state index in [1.807, 2.05) is 0 Å². The zero-order valence-corrected chi connectivity index (χ0v) is 30.9. The molecule has 6 aromatic carbocycles. The number of aryl methyl sites for hydroxylation is 2. The van der Waals surface area contributed by atoms with Crippen LogP contribution in [0.15, 0.2) is 115 Å². The maximum atomic E-state index is 3.59. The van der Waals surface area contributed by atoms with E-state index in [4.69, 9.17) is 0 Å². The van der Waals surface area contributed by atoms with Crippen LogP contribution in [0.3, 0.4) is 0 Å². The molecule has 0 fully saturated rings. The van der Waals surface area contributed by atoms with Crippen molar-refractivity contribution < 1.29 is 0 Å². The Morgan fingerprint density at radius 2 is 1.25 bits per heavy atom. The van der Waals surface area contributed by atoms with Crippen LogP contribution in [0.5, 0.6) is 0 Å². The van der Waals surface area contributed by atoms with Crippen LogP contribution in [0.4, 0.5) is 28.4 Å². The molecule has 3 aliphatic rings. The van der Waals surface area contributed by atoms with E-state index in [0.717, 1.165) is 5.69 Å². The number of nitrogens with zero attached hydrogens (tertiary/aromatic N) is 2. The minimum atomic E-state index is -0.0142. The van der Waals surface area contributed by atoms with Gasteiger partial charge in [0.2, 0.25) is 0 Å². The third kappa shape index (κ3) is 4.93. The average molecular weight is 665 g/mol. The molecule has 0 aliphatic carbocycles. The van der Waals surface area contributed by atoms with Gasteiger partial charge in [-0.3, -0.25) is 0 Å². The summed E-state index contributed by atoms with van der Waals surface area (Å²) in [6.45, 7) is 18.2. The molecule has 0 aromatic heterocycles. The molecule has 0 saturated carbocycles. The van der Waals surface area contributed by atoms with Gasteiger partial charge in [0.25, 0.3) is 0 Å². The van der Waals surface area contributed by atoms with Crippen molar-refractivity contribution in [1.29, 1.82) is 0 Å². The minimum absolute atomic E-state index is 0.0115. The van der Waals surface area contributed by atoms with Crippen molar-refractivity contribution in [1.82, 2.24) is 5.53 Å². The molecule has 252 valence electrons. The summed E-state index contributed by atoms with van der Waals surface area (Å²) in [5, 5.41) is 0. The van der Waals surface area contributed by atoms with E-state index in [1.54, 1.807) is 0 Å². The van der Waals surface area contributed by atoms with Crippen LogP contribution < -0.4 is 31.7 Å². The summed E-state index contributed by atoms with van der Waals surface area (Å²) in [4.78, 5) is 4.88. The van der Waals surface area contributed by atoms with Crippen molar-refractivity contribution in [3.8, 4) is 33.4 Å². The highest BCUT2D eigenvalue weighted by molar-refractivity contribution is 6.92. The number of rotatable bonds is 3. The van der Waals surface area contributed by atoms with Gasteiger partial charge >= 0.3 is 6.85 Å². The van der Waals surface area contributed by atoms with Gasteiger partial charge in [0.05, 0.1) is 11.4 Å². The van der Waals surface area contributed by atoms with Crippen molar-refractivity contribution in [2.24, 2.45) is 0 Å². The Bertz CT molecular complexity index is 2380. The predicted octanol–water partition coefficient (Wildman–Crippen LogP) is 10.5. The minimum Gasteiger partial charge on any atom is -0.322 e. The van der Waals surface area contributed by atoms with Gasteiger partial charge in [-0.25, -0.2) is 0 Å². The molecule has 3 heterocycles. The molecule has 0 amide bonds. The number of nitrogens with one attached hydrogen (secondary N) is 2. The maximum Gasteiger partial charge on any atom is 0.347 e. The van der Waals surface area contributed by atoms with E-state index in [-0.39, 0.29) is 17.7 Å². The quantitative estimate of drug-likeness (QED) is 0.184. The first-order valence-electron chi connectivity index (χ1n) is 18.2. The van der Waals surface area contributed by atoms with Gasteiger partial charge in [-0.2, -0.15) is 5.53 Å². The highest BCUT2D eigenvalue weighted by atomic mass is 15.7. The van der Waals surface area contributed by atoms with E-state index < -0.39 is 0 Å². The second-order valence-electron chi connectivity index (χ2n) is 16.7. The van der Waals surface area contributed by atoms with Crippen molar-refractivity contribution >= 4 is 46.2 Å². The van der Waals surface area contributed by atoms with Gasteiger partial charge in [0.1, 0.15) is 0 Å². The van der Waals surface area contributed by atoms with Crippen LogP contribution in [0.2, 0.25) is 0 Å².